The number of allylic oxidation sites excluding steroid dienone is 7. The minimum absolute atomic E-state index is 0.0515. The van der Waals surface area contributed by atoms with Gasteiger partial charge in [-0.05, 0) is 97.5 Å². The van der Waals surface area contributed by atoms with E-state index in [-0.39, 0.29) is 52.2 Å². The number of carbonyl (C=O) groups excluding carboxylic acids is 1. The highest BCUT2D eigenvalue weighted by Crippen LogP contribution is 2.66. The van der Waals surface area contributed by atoms with Crippen molar-refractivity contribution in [2.24, 2.45) is 0 Å². The Balaban J connectivity index is 0.764. The van der Waals surface area contributed by atoms with Gasteiger partial charge >= 0.3 is 23.5 Å². The largest absolute Gasteiger partial charge is 0.490 e. The molecule has 6 aromatic rings. The number of rotatable bonds is 23. The van der Waals surface area contributed by atoms with Gasteiger partial charge in [-0.1, -0.05) is 123 Å². The van der Waals surface area contributed by atoms with Crippen molar-refractivity contribution in [3.63, 3.8) is 0 Å². The Bertz CT molecular complexity index is 4340. The van der Waals surface area contributed by atoms with Crippen LogP contribution in [0.15, 0.2) is 159 Å². The highest BCUT2D eigenvalue weighted by Gasteiger charge is 2.45. The van der Waals surface area contributed by atoms with Crippen LogP contribution < -0.4 is 26.8 Å². The number of benzene rings is 3. The number of aliphatic hydroxyl groups is 1. The van der Waals surface area contributed by atoms with Crippen molar-refractivity contribution in [1.82, 2.24) is 40.2 Å². The van der Waals surface area contributed by atoms with Crippen LogP contribution >= 0.6 is 55.3 Å². The van der Waals surface area contributed by atoms with E-state index in [2.05, 4.69) is 210 Å². The first-order valence-electron chi connectivity index (χ1n) is 29.3. The van der Waals surface area contributed by atoms with E-state index in [4.69, 9.17) is 20.3 Å². The number of hydrogen-bond donors (Lipinski definition) is 9. The monoisotopic (exact) mass is 1440 g/mol. The molecule has 10 N–H and O–H groups in total. The fourth-order valence-corrected chi connectivity index (χ4v) is 15.4. The normalized spacial score (nSPS) is 21.0. The zero-order valence-electron chi connectivity index (χ0n) is 50.4. The van der Waals surface area contributed by atoms with Crippen molar-refractivity contribution in [2.75, 3.05) is 23.8 Å². The summed E-state index contributed by atoms with van der Waals surface area (Å²) in [5.41, 5.74) is 17.8. The Morgan fingerprint density at radius 1 is 0.946 bits per heavy atom. The molecule has 10 rings (SSSR count). The number of nitrogen functional groups attached to an aromatic ring is 1. The third-order valence-corrected chi connectivity index (χ3v) is 20.4. The molecule has 5 atom stereocenters. The molecule has 30 heteroatoms. The van der Waals surface area contributed by atoms with Gasteiger partial charge in [0.1, 0.15) is 12.3 Å². The van der Waals surface area contributed by atoms with E-state index in [1.807, 2.05) is 28.2 Å². The van der Waals surface area contributed by atoms with Gasteiger partial charge < -0.3 is 55.3 Å². The van der Waals surface area contributed by atoms with Crippen molar-refractivity contribution < 1.29 is 65.6 Å². The van der Waals surface area contributed by atoms with Crippen LogP contribution in [-0.2, 0) is 61.9 Å². The smallest absolute Gasteiger partial charge is 0.390 e. The number of para-hydroxylation sites is 2. The lowest BCUT2D eigenvalue weighted by molar-refractivity contribution is -0.356. The average Bonchev–Trinajstić information content (AvgIpc) is 1.61. The topological polar surface area (TPSA) is 344 Å². The van der Waals surface area contributed by atoms with Crippen LogP contribution in [0.1, 0.15) is 111 Å². The second-order valence-corrected chi connectivity index (χ2v) is 28.6. The molecule has 1 amide bonds. The summed E-state index contributed by atoms with van der Waals surface area (Å²) >= 11 is 7.08. The lowest BCUT2D eigenvalue weighted by Gasteiger charge is -2.26. The number of aliphatic hydroxyl groups excluding tert-OH is 1. The minimum atomic E-state index is -5.78. The zero-order chi connectivity index (χ0) is 65.8. The molecule has 4 aliphatic rings. The third kappa shape index (κ3) is 15.6. The molecule has 6 heterocycles. The first-order valence-corrected chi connectivity index (χ1v) is 35.6. The van der Waals surface area contributed by atoms with Gasteiger partial charge in [0.05, 0.1) is 41.3 Å². The van der Waals surface area contributed by atoms with Crippen LogP contribution in [0, 0.1) is 11.8 Å². The molecule has 1 saturated heterocycles. The van der Waals surface area contributed by atoms with E-state index < -0.39 is 54.1 Å². The Hall–Kier alpha value is -6.95. The predicted octanol–water partition coefficient (Wildman–Crippen LogP) is 10.2. The Morgan fingerprint density at radius 3 is 2.49 bits per heavy atom. The second-order valence-electron chi connectivity index (χ2n) is 23.1. The SMILES string of the molecule is CC1(C)C(/C=C/C2=C(NCc3cccc(C(=O)NCCn4cc(CCCC#Cc5cn(C6C[C@@H](O)C(COP(=O)(O)OP(=O)(O)OP(=O)(O)O)O6)c6nc(N)[nH]c(=O)c56)nn4)c3)C(=C/C=C3/N(/C=C/Br)c4ccccc4C3(C)C)/CCC2)=[N+](/C=C/Br)c2ccccc21. The number of anilines is 2. The molecule has 0 saturated carbocycles. The standard InChI is InChI=1S/C62H68Br2N11O14P3/c1-61(2)46-20-8-10-22-48(46)73(31-28-63)52(61)26-24-41-16-13-17-42(25-27-53-62(3,4)47-21-9-11-23-49(47)74(53)32-29-64)56(41)67-36-40-14-12-18-43(34-40)58(77)66-30-33-72-38-45(70-71-72)19-7-5-6-15-44-37-75(57-55(44)59(78)69-60(65)68-57)54-35-50(76)51(87-54)39-86-91(82,83)89-92(84,85)88-90(79,80)81/h8-12,14,18,20-29,31-32,34,37-38,50-51,54,76H,5,7,13,16-17,19,30,33,35-36,39H2,1-4H3,(H8,65,66,68,69,77,78,79,80,81,82,83,84,85)/p+1/b31-28+,32-29+,41-24+,52-26+/t50-,51?,54?/m1/s1. The second kappa shape index (κ2) is 28.3. The highest BCUT2D eigenvalue weighted by molar-refractivity contribution is 9.11. The molecule has 3 aliphatic heterocycles. The average molecular weight is 1450 g/mol. The van der Waals surface area contributed by atoms with Crippen molar-refractivity contribution in [3.8, 4) is 11.8 Å². The third-order valence-electron chi connectivity index (χ3n) is 16.2. The molecule has 92 heavy (non-hydrogen) atoms. The number of aryl methyl sites for hydroxylation is 1. The number of hydrogen-bond acceptors (Lipinski definition) is 16. The van der Waals surface area contributed by atoms with E-state index in [9.17, 15) is 38.2 Å². The van der Waals surface area contributed by atoms with Crippen molar-refractivity contribution in [2.45, 2.75) is 115 Å². The van der Waals surface area contributed by atoms with E-state index in [1.54, 1.807) is 16.9 Å². The molecule has 484 valence electrons. The first-order chi connectivity index (χ1) is 43.8. The van der Waals surface area contributed by atoms with Gasteiger partial charge in [-0.3, -0.25) is 23.8 Å². The van der Waals surface area contributed by atoms with Gasteiger partial charge in [-0.15, -0.1) is 5.10 Å². The Kier molecular flexibility index (Phi) is 20.9. The maximum Gasteiger partial charge on any atom is 0.490 e. The maximum atomic E-state index is 13.7. The molecule has 3 aromatic carbocycles. The summed E-state index contributed by atoms with van der Waals surface area (Å²) < 4.78 is 58.3. The molecule has 3 aromatic heterocycles. The molecular formula is C62H69Br2N11O14P3+. The molecule has 1 aliphatic carbocycles. The van der Waals surface area contributed by atoms with Gasteiger partial charge in [0.2, 0.25) is 11.6 Å². The fraction of sp³-hybridized carbons (Fsp3) is 0.323. The van der Waals surface area contributed by atoms with Crippen LogP contribution in [0.5, 0.6) is 0 Å². The number of phosphoric acid groups is 3. The summed E-state index contributed by atoms with van der Waals surface area (Å²) in [7, 11) is -16.9. The van der Waals surface area contributed by atoms with E-state index >= 15 is 0 Å². The van der Waals surface area contributed by atoms with Crippen LogP contribution in [0.2, 0.25) is 0 Å². The van der Waals surface area contributed by atoms with Crippen LogP contribution in [-0.4, -0.2) is 95.8 Å². The summed E-state index contributed by atoms with van der Waals surface area (Å²) in [6.07, 6.45) is 16.7. The molecule has 1 fully saturated rings. The molecular weight excluding hydrogens is 1380 g/mol. The Morgan fingerprint density at radius 2 is 1.72 bits per heavy atom. The van der Waals surface area contributed by atoms with Crippen LogP contribution in [0.3, 0.4) is 0 Å². The summed E-state index contributed by atoms with van der Waals surface area (Å²) in [5.74, 6) is 5.60. The van der Waals surface area contributed by atoms with Crippen molar-refractivity contribution in [1.29, 1.82) is 0 Å². The maximum absolute atomic E-state index is 13.7. The minimum Gasteiger partial charge on any atom is -0.390 e. The van der Waals surface area contributed by atoms with Crippen molar-refractivity contribution in [3.05, 3.63) is 198 Å². The van der Waals surface area contributed by atoms with Crippen molar-refractivity contribution >= 4 is 95.3 Å². The number of halogens is 2. The van der Waals surface area contributed by atoms with Gasteiger partial charge in [0.25, 0.3) is 11.5 Å². The molecule has 25 nitrogen and oxygen atoms in total. The number of aromatic nitrogens is 6. The highest BCUT2D eigenvalue weighted by atomic mass is 79.9. The number of H-pyrrole nitrogens is 1. The number of ether oxygens (including phenoxy) is 1. The van der Waals surface area contributed by atoms with E-state index in [0.717, 1.165) is 53.3 Å². The number of amides is 1. The zero-order valence-corrected chi connectivity index (χ0v) is 56.3. The summed E-state index contributed by atoms with van der Waals surface area (Å²) in [6, 6.07) is 24.7. The number of nitrogens with one attached hydrogen (secondary N) is 3. The number of fused-ring (bicyclic) bond motifs is 3. The number of phosphoric ester groups is 1. The Labute approximate surface area is 546 Å². The molecule has 0 spiro atoms. The number of nitrogens with two attached hydrogens (primary N) is 1. The molecule has 0 radical (unpaired) electrons. The summed E-state index contributed by atoms with van der Waals surface area (Å²) in [4.78, 5) is 76.5. The van der Waals surface area contributed by atoms with Crippen LogP contribution in [0.4, 0.5) is 17.3 Å². The van der Waals surface area contributed by atoms with Gasteiger partial charge in [0.15, 0.2) is 17.6 Å². The van der Waals surface area contributed by atoms with E-state index in [1.165, 1.54) is 33.0 Å². The molecule has 4 unspecified atom stereocenters. The lowest BCUT2D eigenvalue weighted by atomic mass is 9.81. The quantitative estimate of drug-likeness (QED) is 0.0125. The predicted molar refractivity (Wildman–Crippen MR) is 353 cm³/mol. The molecule has 0 bridgehead atoms. The number of aromatic amines is 1. The van der Waals surface area contributed by atoms with Crippen LogP contribution in [0.25, 0.3) is 11.0 Å². The van der Waals surface area contributed by atoms with Gasteiger partial charge in [-0.25, -0.2) is 13.7 Å². The number of unbranched alkanes of at least 4 members (excludes halogenated alkanes) is 1. The number of carbonyl (C=O) groups is 1. The summed E-state index contributed by atoms with van der Waals surface area (Å²) in [5, 5.41) is 26.3. The van der Waals surface area contributed by atoms with Gasteiger partial charge in [0, 0.05) is 95.3 Å². The number of nitrogens with zero attached hydrogens (tertiary/aromatic N) is 7. The van der Waals surface area contributed by atoms with E-state index in [0.29, 0.717) is 43.6 Å². The van der Waals surface area contributed by atoms with Gasteiger partial charge in [-0.2, -0.15) is 18.2 Å². The summed E-state index contributed by atoms with van der Waals surface area (Å²) in [6.45, 7) is 9.28. The fourth-order valence-electron chi connectivity index (χ4n) is 11.9. The first kappa shape index (κ1) is 67.9. The lowest BCUT2D eigenvalue weighted by Crippen LogP contribution is -2.27.